The molecular formula is C17H22N6O3. The Morgan fingerprint density at radius 1 is 1.15 bits per heavy atom. The first kappa shape index (κ1) is 16.8. The maximum absolute atomic E-state index is 12.5. The summed E-state index contributed by atoms with van der Waals surface area (Å²) in [4.78, 5) is 46.3. The summed E-state index contributed by atoms with van der Waals surface area (Å²) < 4.78 is 1.43. The molecule has 1 spiro atoms. The molecule has 0 atom stereocenters. The Bertz CT molecular complexity index is 953. The van der Waals surface area contributed by atoms with Crippen molar-refractivity contribution in [2.75, 3.05) is 27.2 Å². The van der Waals surface area contributed by atoms with Crippen molar-refractivity contribution in [3.63, 3.8) is 0 Å². The third kappa shape index (κ3) is 2.34. The van der Waals surface area contributed by atoms with E-state index in [-0.39, 0.29) is 17.5 Å². The number of carbonyl (C=O) groups is 2. The zero-order valence-electron chi connectivity index (χ0n) is 15.2. The molecule has 2 saturated heterocycles. The first-order chi connectivity index (χ1) is 12.3. The summed E-state index contributed by atoms with van der Waals surface area (Å²) in [6.45, 7) is 3.77. The molecule has 0 unspecified atom stereocenters. The van der Waals surface area contributed by atoms with Gasteiger partial charge in [-0.2, -0.15) is 0 Å². The lowest BCUT2D eigenvalue weighted by Crippen LogP contribution is -2.55. The molecule has 26 heavy (non-hydrogen) atoms. The number of urea groups is 1. The van der Waals surface area contributed by atoms with Crippen LogP contribution in [-0.2, 0) is 11.3 Å². The van der Waals surface area contributed by atoms with E-state index in [4.69, 9.17) is 0 Å². The topological polar surface area (TPSA) is 94.0 Å². The molecule has 2 aromatic rings. The average molecular weight is 358 g/mol. The van der Waals surface area contributed by atoms with Crippen LogP contribution in [0.15, 0.2) is 16.9 Å². The number of aromatic nitrogens is 3. The van der Waals surface area contributed by atoms with Gasteiger partial charge in [-0.15, -0.1) is 0 Å². The number of imide groups is 1. The van der Waals surface area contributed by atoms with Gasteiger partial charge in [0.25, 0.3) is 11.5 Å². The van der Waals surface area contributed by atoms with E-state index in [0.717, 1.165) is 5.69 Å². The number of hydrogen-bond acceptors (Lipinski definition) is 5. The predicted molar refractivity (Wildman–Crippen MR) is 93.7 cm³/mol. The minimum atomic E-state index is -0.725. The third-order valence-electron chi connectivity index (χ3n) is 5.62. The summed E-state index contributed by atoms with van der Waals surface area (Å²) in [5.41, 5.74) is 1.34. The largest absolute Gasteiger partial charge is 0.327 e. The van der Waals surface area contributed by atoms with E-state index < -0.39 is 5.54 Å². The molecule has 0 radical (unpaired) electrons. The molecule has 0 bridgehead atoms. The second-order valence-electron chi connectivity index (χ2n) is 7.23. The van der Waals surface area contributed by atoms with Gasteiger partial charge in [-0.1, -0.05) is 0 Å². The number of hydrogen-bond donors (Lipinski definition) is 1. The van der Waals surface area contributed by atoms with Gasteiger partial charge in [0, 0.05) is 51.6 Å². The number of piperidine rings is 1. The van der Waals surface area contributed by atoms with Crippen molar-refractivity contribution in [3.8, 4) is 0 Å². The van der Waals surface area contributed by atoms with Gasteiger partial charge in [0.15, 0.2) is 5.65 Å². The molecule has 0 aromatic carbocycles. The molecule has 9 heteroatoms. The Balaban J connectivity index is 1.50. The first-order valence-electron chi connectivity index (χ1n) is 8.68. The minimum absolute atomic E-state index is 0.120. The molecular weight excluding hydrogens is 336 g/mol. The van der Waals surface area contributed by atoms with Crippen LogP contribution < -0.4 is 5.56 Å². The molecule has 2 fully saturated rings. The van der Waals surface area contributed by atoms with Gasteiger partial charge < -0.3 is 4.90 Å². The minimum Gasteiger partial charge on any atom is -0.312 e. The van der Waals surface area contributed by atoms with Gasteiger partial charge >= 0.3 is 6.03 Å². The van der Waals surface area contributed by atoms with Crippen LogP contribution in [0.4, 0.5) is 4.79 Å². The number of fused-ring (bicyclic) bond motifs is 1. The number of likely N-dealkylation sites (tertiary alicyclic amines) is 1. The van der Waals surface area contributed by atoms with E-state index in [1.165, 1.54) is 22.5 Å². The second-order valence-corrected chi connectivity index (χ2v) is 7.23. The molecule has 4 heterocycles. The number of aryl methyl sites for hydroxylation is 1. The van der Waals surface area contributed by atoms with Gasteiger partial charge in [0.2, 0.25) is 0 Å². The Kier molecular flexibility index (Phi) is 3.65. The van der Waals surface area contributed by atoms with Crippen molar-refractivity contribution < 1.29 is 9.59 Å². The van der Waals surface area contributed by atoms with Crippen LogP contribution >= 0.6 is 0 Å². The summed E-state index contributed by atoms with van der Waals surface area (Å²) >= 11 is 0. The summed E-state index contributed by atoms with van der Waals surface area (Å²) in [5, 5.41) is 2.96. The average Bonchev–Trinajstić information content (AvgIpc) is 3.06. The molecule has 9 nitrogen and oxygen atoms in total. The van der Waals surface area contributed by atoms with Gasteiger partial charge in [-0.05, 0) is 19.8 Å². The highest BCUT2D eigenvalue weighted by molar-refractivity contribution is 6.06. The zero-order chi connectivity index (χ0) is 18.6. The Morgan fingerprint density at radius 3 is 2.46 bits per heavy atom. The van der Waals surface area contributed by atoms with Crippen LogP contribution in [0, 0.1) is 6.92 Å². The molecule has 138 valence electrons. The summed E-state index contributed by atoms with van der Waals surface area (Å²) in [7, 11) is 3.23. The lowest BCUT2D eigenvalue weighted by Gasteiger charge is -2.40. The highest BCUT2D eigenvalue weighted by atomic mass is 16.2. The molecule has 0 aliphatic carbocycles. The number of nitrogens with one attached hydrogen (secondary N) is 1. The van der Waals surface area contributed by atoms with Crippen LogP contribution in [0.25, 0.3) is 5.65 Å². The van der Waals surface area contributed by atoms with Crippen LogP contribution in [-0.4, -0.2) is 74.0 Å². The van der Waals surface area contributed by atoms with Crippen LogP contribution in [0.5, 0.6) is 0 Å². The number of carbonyl (C=O) groups excluding carboxylic acids is 2. The third-order valence-corrected chi connectivity index (χ3v) is 5.62. The van der Waals surface area contributed by atoms with E-state index >= 15 is 0 Å². The second kappa shape index (κ2) is 5.66. The maximum atomic E-state index is 12.5. The van der Waals surface area contributed by atoms with E-state index in [1.54, 1.807) is 11.9 Å². The van der Waals surface area contributed by atoms with Crippen molar-refractivity contribution in [3.05, 3.63) is 33.9 Å². The van der Waals surface area contributed by atoms with Crippen molar-refractivity contribution in [2.24, 2.45) is 0 Å². The lowest BCUT2D eigenvalue weighted by molar-refractivity contribution is -0.134. The lowest BCUT2D eigenvalue weighted by atomic mass is 9.86. The predicted octanol–water partition coefficient (Wildman–Crippen LogP) is 0.189. The monoisotopic (exact) mass is 358 g/mol. The van der Waals surface area contributed by atoms with Crippen LogP contribution in [0.1, 0.15) is 24.2 Å². The van der Waals surface area contributed by atoms with Crippen molar-refractivity contribution in [1.29, 1.82) is 0 Å². The Morgan fingerprint density at radius 2 is 1.85 bits per heavy atom. The van der Waals surface area contributed by atoms with Crippen LogP contribution in [0.3, 0.4) is 0 Å². The highest BCUT2D eigenvalue weighted by Gasteiger charge is 2.55. The SMILES string of the molecule is Cc1cc2nc(CN3CCC4(CC3)C(=O)N(C)C(=O)N4C)cc(=O)n2[nH]1. The molecule has 0 saturated carbocycles. The number of H-pyrrole nitrogens is 1. The molecule has 2 aromatic heterocycles. The molecule has 1 N–H and O–H groups in total. The Hall–Kier alpha value is -2.68. The quantitative estimate of drug-likeness (QED) is 0.774. The van der Waals surface area contributed by atoms with E-state index in [9.17, 15) is 14.4 Å². The van der Waals surface area contributed by atoms with Gasteiger partial charge in [-0.25, -0.2) is 14.3 Å². The smallest absolute Gasteiger partial charge is 0.312 e. The fourth-order valence-corrected chi connectivity index (χ4v) is 4.05. The number of rotatable bonds is 2. The molecule has 3 amide bonds. The first-order valence-corrected chi connectivity index (χ1v) is 8.68. The molecule has 4 rings (SSSR count). The number of aromatic amines is 1. The zero-order valence-corrected chi connectivity index (χ0v) is 15.2. The summed E-state index contributed by atoms with van der Waals surface area (Å²) in [6.07, 6.45) is 1.17. The molecule has 2 aliphatic heterocycles. The number of amides is 3. The maximum Gasteiger partial charge on any atom is 0.327 e. The van der Waals surface area contributed by atoms with Gasteiger partial charge in [0.05, 0.1) is 5.69 Å². The fraction of sp³-hybridized carbons (Fsp3) is 0.529. The Labute approximate surface area is 150 Å². The standard InChI is InChI=1S/C17H22N6O3/c1-11-8-13-18-12(9-14(24)23(13)19-11)10-22-6-4-17(5-7-22)15(25)20(2)16(26)21(17)3/h8-9,19H,4-7,10H2,1-3H3. The number of nitrogens with zero attached hydrogens (tertiary/aromatic N) is 5. The summed E-state index contributed by atoms with van der Waals surface area (Å²) in [5.74, 6) is -0.120. The number of likely N-dealkylation sites (N-methyl/N-ethyl adjacent to an activating group) is 2. The van der Waals surface area contributed by atoms with E-state index in [2.05, 4.69) is 15.0 Å². The van der Waals surface area contributed by atoms with Gasteiger partial charge in [-0.3, -0.25) is 24.5 Å². The van der Waals surface area contributed by atoms with Crippen molar-refractivity contribution in [1.82, 2.24) is 29.3 Å². The molecule has 2 aliphatic rings. The fourth-order valence-electron chi connectivity index (χ4n) is 4.05. The van der Waals surface area contributed by atoms with Crippen molar-refractivity contribution in [2.45, 2.75) is 31.8 Å². The van der Waals surface area contributed by atoms with Crippen molar-refractivity contribution >= 4 is 17.6 Å². The van der Waals surface area contributed by atoms with E-state index in [0.29, 0.717) is 43.8 Å². The van der Waals surface area contributed by atoms with Crippen LogP contribution in [0.2, 0.25) is 0 Å². The summed E-state index contributed by atoms with van der Waals surface area (Å²) in [6, 6.07) is 3.13. The van der Waals surface area contributed by atoms with E-state index in [1.807, 2.05) is 13.0 Å². The normalized spacial score (nSPS) is 20.7. The van der Waals surface area contributed by atoms with Gasteiger partial charge in [0.1, 0.15) is 5.54 Å². The highest BCUT2D eigenvalue weighted by Crippen LogP contribution is 2.35.